The smallest absolute Gasteiger partial charge is 0.0708 e. The Labute approximate surface area is 121 Å². The Bertz CT molecular complexity index is 554. The Morgan fingerprint density at radius 3 is 2.85 bits per heavy atom. The molecule has 3 nitrogen and oxygen atoms in total. The standard InChI is InChI=1S/C17H24N2O/c1-4-18-16(10-7-11-20-3)15-12-13(2)19-17-9-6-5-8-14(15)17/h5-6,8-9,12,16,18H,4,7,10-11H2,1-3H3. The fourth-order valence-corrected chi connectivity index (χ4v) is 2.67. The van der Waals surface area contributed by atoms with E-state index in [1.807, 2.05) is 6.07 Å². The van der Waals surface area contributed by atoms with Crippen LogP contribution in [0.5, 0.6) is 0 Å². The van der Waals surface area contributed by atoms with E-state index in [0.29, 0.717) is 6.04 Å². The highest BCUT2D eigenvalue weighted by Crippen LogP contribution is 2.27. The highest BCUT2D eigenvalue weighted by atomic mass is 16.5. The number of hydrogen-bond acceptors (Lipinski definition) is 3. The number of nitrogens with zero attached hydrogens (tertiary/aromatic N) is 1. The molecule has 20 heavy (non-hydrogen) atoms. The van der Waals surface area contributed by atoms with Crippen LogP contribution in [-0.4, -0.2) is 25.2 Å². The lowest BCUT2D eigenvalue weighted by Gasteiger charge is -2.20. The minimum atomic E-state index is 0.363. The van der Waals surface area contributed by atoms with E-state index in [1.165, 1.54) is 10.9 Å². The Hall–Kier alpha value is -1.45. The van der Waals surface area contributed by atoms with Crippen molar-refractivity contribution in [2.45, 2.75) is 32.7 Å². The van der Waals surface area contributed by atoms with Gasteiger partial charge >= 0.3 is 0 Å². The molecular weight excluding hydrogens is 248 g/mol. The molecule has 0 saturated carbocycles. The van der Waals surface area contributed by atoms with Crippen LogP contribution in [-0.2, 0) is 4.74 Å². The van der Waals surface area contributed by atoms with Gasteiger partial charge < -0.3 is 10.1 Å². The van der Waals surface area contributed by atoms with E-state index in [0.717, 1.165) is 37.2 Å². The van der Waals surface area contributed by atoms with E-state index in [9.17, 15) is 0 Å². The van der Waals surface area contributed by atoms with Crippen molar-refractivity contribution >= 4 is 10.9 Å². The molecule has 0 amide bonds. The number of benzene rings is 1. The van der Waals surface area contributed by atoms with Crippen LogP contribution in [0.4, 0.5) is 0 Å². The number of methoxy groups -OCH3 is 1. The topological polar surface area (TPSA) is 34.1 Å². The first-order chi connectivity index (χ1) is 9.76. The molecule has 1 aromatic carbocycles. The highest BCUT2D eigenvalue weighted by Gasteiger charge is 2.14. The zero-order chi connectivity index (χ0) is 14.4. The third-order valence-corrected chi connectivity index (χ3v) is 3.54. The number of para-hydroxylation sites is 1. The third kappa shape index (κ3) is 3.56. The average molecular weight is 272 g/mol. The molecule has 0 saturated heterocycles. The summed E-state index contributed by atoms with van der Waals surface area (Å²) in [5.41, 5.74) is 3.51. The van der Waals surface area contributed by atoms with Crippen molar-refractivity contribution in [2.75, 3.05) is 20.3 Å². The fraction of sp³-hybridized carbons (Fsp3) is 0.471. The predicted octanol–water partition coefficient (Wildman–Crippen LogP) is 3.62. The number of aryl methyl sites for hydroxylation is 1. The van der Waals surface area contributed by atoms with Crippen LogP contribution in [0.2, 0.25) is 0 Å². The van der Waals surface area contributed by atoms with Crippen molar-refractivity contribution in [3.63, 3.8) is 0 Å². The zero-order valence-corrected chi connectivity index (χ0v) is 12.6. The maximum absolute atomic E-state index is 5.18. The van der Waals surface area contributed by atoms with Crippen LogP contribution in [0.1, 0.15) is 37.1 Å². The van der Waals surface area contributed by atoms with Gasteiger partial charge in [0, 0.05) is 30.8 Å². The Morgan fingerprint density at radius 1 is 1.30 bits per heavy atom. The first-order valence-electron chi connectivity index (χ1n) is 7.35. The second-order valence-electron chi connectivity index (χ2n) is 5.12. The van der Waals surface area contributed by atoms with Crippen molar-refractivity contribution in [3.05, 3.63) is 41.6 Å². The Morgan fingerprint density at radius 2 is 2.10 bits per heavy atom. The molecule has 1 N–H and O–H groups in total. The van der Waals surface area contributed by atoms with Gasteiger partial charge in [0.15, 0.2) is 0 Å². The molecule has 0 fully saturated rings. The molecule has 0 aliphatic heterocycles. The van der Waals surface area contributed by atoms with Crippen molar-refractivity contribution in [3.8, 4) is 0 Å². The lowest BCUT2D eigenvalue weighted by Crippen LogP contribution is -2.22. The summed E-state index contributed by atoms with van der Waals surface area (Å²) >= 11 is 0. The number of fused-ring (bicyclic) bond motifs is 1. The number of ether oxygens (including phenoxy) is 1. The van der Waals surface area contributed by atoms with E-state index >= 15 is 0 Å². The number of pyridine rings is 1. The summed E-state index contributed by atoms with van der Waals surface area (Å²) in [7, 11) is 1.76. The van der Waals surface area contributed by atoms with Gasteiger partial charge in [0.05, 0.1) is 5.52 Å². The van der Waals surface area contributed by atoms with Gasteiger partial charge in [0.1, 0.15) is 0 Å². The predicted molar refractivity (Wildman–Crippen MR) is 84.0 cm³/mol. The van der Waals surface area contributed by atoms with Crippen LogP contribution in [0, 0.1) is 6.92 Å². The summed E-state index contributed by atoms with van der Waals surface area (Å²) in [4.78, 5) is 4.62. The Kier molecular flexibility index (Phi) is 5.50. The van der Waals surface area contributed by atoms with E-state index in [4.69, 9.17) is 4.74 Å². The number of nitrogens with one attached hydrogen (secondary N) is 1. The molecule has 1 atom stereocenters. The molecule has 3 heteroatoms. The first kappa shape index (κ1) is 14.9. The zero-order valence-electron chi connectivity index (χ0n) is 12.6. The minimum Gasteiger partial charge on any atom is -0.385 e. The molecule has 0 spiro atoms. The summed E-state index contributed by atoms with van der Waals surface area (Å²) in [6.07, 6.45) is 2.14. The summed E-state index contributed by atoms with van der Waals surface area (Å²) < 4.78 is 5.18. The van der Waals surface area contributed by atoms with E-state index in [1.54, 1.807) is 7.11 Å². The molecule has 2 aromatic rings. The normalized spacial score (nSPS) is 12.8. The van der Waals surface area contributed by atoms with Gasteiger partial charge in [-0.05, 0) is 44.0 Å². The van der Waals surface area contributed by atoms with Gasteiger partial charge in [0.25, 0.3) is 0 Å². The van der Waals surface area contributed by atoms with Gasteiger partial charge in [-0.15, -0.1) is 0 Å². The van der Waals surface area contributed by atoms with Crippen LogP contribution in [0.15, 0.2) is 30.3 Å². The maximum atomic E-state index is 5.18. The lowest BCUT2D eigenvalue weighted by atomic mass is 9.97. The summed E-state index contributed by atoms with van der Waals surface area (Å²) in [5.74, 6) is 0. The monoisotopic (exact) mass is 272 g/mol. The van der Waals surface area contributed by atoms with E-state index in [-0.39, 0.29) is 0 Å². The van der Waals surface area contributed by atoms with Gasteiger partial charge in [0.2, 0.25) is 0 Å². The second-order valence-corrected chi connectivity index (χ2v) is 5.12. The van der Waals surface area contributed by atoms with Crippen molar-refractivity contribution < 1.29 is 4.74 Å². The molecule has 1 aromatic heterocycles. The fourth-order valence-electron chi connectivity index (χ4n) is 2.67. The molecule has 1 unspecified atom stereocenters. The van der Waals surface area contributed by atoms with Gasteiger partial charge in [-0.3, -0.25) is 4.98 Å². The van der Waals surface area contributed by atoms with Crippen LogP contribution in [0.3, 0.4) is 0 Å². The molecule has 0 bridgehead atoms. The van der Waals surface area contributed by atoms with Crippen molar-refractivity contribution in [1.29, 1.82) is 0 Å². The molecule has 2 rings (SSSR count). The van der Waals surface area contributed by atoms with Crippen LogP contribution < -0.4 is 5.32 Å². The molecule has 0 radical (unpaired) electrons. The molecule has 108 valence electrons. The van der Waals surface area contributed by atoms with E-state index in [2.05, 4.69) is 48.4 Å². The van der Waals surface area contributed by atoms with Crippen LogP contribution in [0.25, 0.3) is 10.9 Å². The van der Waals surface area contributed by atoms with Gasteiger partial charge in [-0.25, -0.2) is 0 Å². The summed E-state index contributed by atoms with van der Waals surface area (Å²) in [6, 6.07) is 11.0. The second kappa shape index (κ2) is 7.36. The molecule has 0 aliphatic rings. The van der Waals surface area contributed by atoms with E-state index < -0.39 is 0 Å². The van der Waals surface area contributed by atoms with Gasteiger partial charge in [-0.2, -0.15) is 0 Å². The van der Waals surface area contributed by atoms with Crippen LogP contribution >= 0.6 is 0 Å². The minimum absolute atomic E-state index is 0.363. The molecule has 1 heterocycles. The number of aromatic nitrogens is 1. The SMILES string of the molecule is CCNC(CCCOC)c1cc(C)nc2ccccc12. The first-order valence-corrected chi connectivity index (χ1v) is 7.35. The Balaban J connectivity index is 2.35. The lowest BCUT2D eigenvalue weighted by molar-refractivity contribution is 0.189. The maximum Gasteiger partial charge on any atom is 0.0708 e. The highest BCUT2D eigenvalue weighted by molar-refractivity contribution is 5.82. The largest absolute Gasteiger partial charge is 0.385 e. The molecule has 0 aliphatic carbocycles. The number of hydrogen-bond donors (Lipinski definition) is 1. The summed E-state index contributed by atoms with van der Waals surface area (Å²) in [6.45, 7) is 5.99. The number of rotatable bonds is 7. The van der Waals surface area contributed by atoms with Crippen molar-refractivity contribution in [1.82, 2.24) is 10.3 Å². The quantitative estimate of drug-likeness (QED) is 0.782. The van der Waals surface area contributed by atoms with Gasteiger partial charge in [-0.1, -0.05) is 25.1 Å². The third-order valence-electron chi connectivity index (χ3n) is 3.54. The van der Waals surface area contributed by atoms with Crippen molar-refractivity contribution in [2.24, 2.45) is 0 Å². The summed E-state index contributed by atoms with van der Waals surface area (Å²) in [5, 5.41) is 4.85. The molecular formula is C17H24N2O. The average Bonchev–Trinajstić information content (AvgIpc) is 2.45.